The Morgan fingerprint density at radius 1 is 1.28 bits per heavy atom. The van der Waals surface area contributed by atoms with Crippen LogP contribution in [0, 0.1) is 5.92 Å². The number of hydrogen-bond acceptors (Lipinski definition) is 3. The maximum absolute atomic E-state index is 5.72. The SMILES string of the molecule is NNC(Cc1ccsc1)C1CC1c1ccccc1. The summed E-state index contributed by atoms with van der Waals surface area (Å²) in [6.45, 7) is 0. The van der Waals surface area contributed by atoms with Crippen LogP contribution in [0.5, 0.6) is 0 Å². The summed E-state index contributed by atoms with van der Waals surface area (Å²) in [4.78, 5) is 0. The van der Waals surface area contributed by atoms with Crippen molar-refractivity contribution in [1.82, 2.24) is 5.43 Å². The summed E-state index contributed by atoms with van der Waals surface area (Å²) in [5, 5.41) is 4.34. The van der Waals surface area contributed by atoms with Crippen molar-refractivity contribution in [2.75, 3.05) is 0 Å². The van der Waals surface area contributed by atoms with Crippen molar-refractivity contribution in [3.05, 3.63) is 58.3 Å². The Labute approximate surface area is 112 Å². The molecule has 0 saturated heterocycles. The van der Waals surface area contributed by atoms with Crippen molar-refractivity contribution in [2.45, 2.75) is 24.8 Å². The van der Waals surface area contributed by atoms with E-state index < -0.39 is 0 Å². The van der Waals surface area contributed by atoms with Crippen molar-refractivity contribution < 1.29 is 0 Å². The maximum atomic E-state index is 5.72. The van der Waals surface area contributed by atoms with Crippen molar-refractivity contribution in [3.8, 4) is 0 Å². The minimum absolute atomic E-state index is 0.393. The van der Waals surface area contributed by atoms with Gasteiger partial charge in [-0.25, -0.2) is 0 Å². The van der Waals surface area contributed by atoms with Crippen molar-refractivity contribution >= 4 is 11.3 Å². The third-order valence-electron chi connectivity index (χ3n) is 3.83. The highest BCUT2D eigenvalue weighted by molar-refractivity contribution is 7.07. The van der Waals surface area contributed by atoms with Gasteiger partial charge >= 0.3 is 0 Å². The lowest BCUT2D eigenvalue weighted by Gasteiger charge is -2.15. The Bertz CT molecular complexity index is 480. The van der Waals surface area contributed by atoms with Gasteiger partial charge in [-0.3, -0.25) is 11.3 Å². The first-order valence-corrected chi connectivity index (χ1v) is 7.35. The molecule has 0 bridgehead atoms. The molecule has 0 amide bonds. The molecule has 0 aliphatic heterocycles. The van der Waals surface area contributed by atoms with Crippen LogP contribution >= 0.6 is 11.3 Å². The van der Waals surface area contributed by atoms with Gasteiger partial charge in [0, 0.05) is 6.04 Å². The normalized spacial score (nSPS) is 23.8. The van der Waals surface area contributed by atoms with E-state index in [2.05, 4.69) is 52.6 Å². The molecule has 1 saturated carbocycles. The molecule has 0 spiro atoms. The standard InChI is InChI=1S/C15H18N2S/c16-17-15(8-11-6-7-18-10-11)14-9-13(14)12-4-2-1-3-5-12/h1-7,10,13-15,17H,8-9,16H2. The zero-order chi connectivity index (χ0) is 12.4. The molecule has 3 rings (SSSR count). The second-order valence-corrected chi connectivity index (χ2v) is 5.81. The molecule has 3 atom stereocenters. The van der Waals surface area contributed by atoms with Gasteiger partial charge in [0.15, 0.2) is 0 Å². The van der Waals surface area contributed by atoms with Crippen LogP contribution in [0.2, 0.25) is 0 Å². The number of hydrazine groups is 1. The molecule has 3 N–H and O–H groups in total. The summed E-state index contributed by atoms with van der Waals surface area (Å²) in [6.07, 6.45) is 2.29. The highest BCUT2D eigenvalue weighted by atomic mass is 32.1. The Hall–Kier alpha value is -1.16. The highest BCUT2D eigenvalue weighted by Gasteiger charge is 2.43. The molecule has 94 valence electrons. The molecule has 1 aliphatic carbocycles. The molecule has 3 heteroatoms. The fourth-order valence-corrected chi connectivity index (χ4v) is 3.42. The van der Waals surface area contributed by atoms with E-state index in [1.807, 2.05) is 0 Å². The van der Waals surface area contributed by atoms with E-state index in [-0.39, 0.29) is 0 Å². The second-order valence-electron chi connectivity index (χ2n) is 5.03. The van der Waals surface area contributed by atoms with Crippen LogP contribution in [0.3, 0.4) is 0 Å². The maximum Gasteiger partial charge on any atom is 0.0285 e. The van der Waals surface area contributed by atoms with Gasteiger partial charge in [-0.15, -0.1) is 0 Å². The third kappa shape index (κ3) is 2.48. The van der Waals surface area contributed by atoms with Gasteiger partial charge in [0.25, 0.3) is 0 Å². The minimum Gasteiger partial charge on any atom is -0.271 e. The number of thiophene rings is 1. The van der Waals surface area contributed by atoms with E-state index >= 15 is 0 Å². The molecule has 2 aromatic rings. The predicted molar refractivity (Wildman–Crippen MR) is 76.4 cm³/mol. The predicted octanol–water partition coefficient (Wildman–Crippen LogP) is 2.93. The Morgan fingerprint density at radius 2 is 2.11 bits per heavy atom. The molecule has 1 aromatic carbocycles. The number of nitrogens with two attached hydrogens (primary N) is 1. The molecule has 3 unspecified atom stereocenters. The zero-order valence-electron chi connectivity index (χ0n) is 10.3. The average molecular weight is 258 g/mol. The van der Waals surface area contributed by atoms with Gasteiger partial charge in [0.05, 0.1) is 0 Å². The fraction of sp³-hybridized carbons (Fsp3) is 0.333. The molecule has 0 radical (unpaired) electrons. The molecule has 1 aliphatic rings. The summed E-state index contributed by atoms with van der Waals surface area (Å²) < 4.78 is 0. The fourth-order valence-electron chi connectivity index (χ4n) is 2.74. The Balaban J connectivity index is 1.65. The van der Waals surface area contributed by atoms with Crippen LogP contribution in [0.15, 0.2) is 47.2 Å². The lowest BCUT2D eigenvalue weighted by molar-refractivity contribution is 0.465. The van der Waals surface area contributed by atoms with Crippen molar-refractivity contribution in [2.24, 2.45) is 11.8 Å². The number of benzene rings is 1. The molecule has 1 heterocycles. The molecular formula is C15H18N2S. The van der Waals surface area contributed by atoms with Gasteiger partial charge in [0.1, 0.15) is 0 Å². The van der Waals surface area contributed by atoms with Gasteiger partial charge in [-0.1, -0.05) is 30.3 Å². The highest BCUT2D eigenvalue weighted by Crippen LogP contribution is 2.49. The topological polar surface area (TPSA) is 38.0 Å². The smallest absolute Gasteiger partial charge is 0.0285 e. The van der Waals surface area contributed by atoms with Gasteiger partial charge < -0.3 is 0 Å². The second kappa shape index (κ2) is 5.22. The van der Waals surface area contributed by atoms with Crippen molar-refractivity contribution in [1.29, 1.82) is 0 Å². The first-order valence-electron chi connectivity index (χ1n) is 6.40. The first kappa shape index (κ1) is 11.9. The summed E-state index contributed by atoms with van der Waals surface area (Å²) in [5.41, 5.74) is 5.85. The summed E-state index contributed by atoms with van der Waals surface area (Å²) >= 11 is 1.75. The molecule has 2 nitrogen and oxygen atoms in total. The Morgan fingerprint density at radius 3 is 2.78 bits per heavy atom. The minimum atomic E-state index is 0.393. The molecule has 1 fully saturated rings. The third-order valence-corrected chi connectivity index (χ3v) is 4.57. The van der Waals surface area contributed by atoms with E-state index in [1.54, 1.807) is 11.3 Å². The van der Waals surface area contributed by atoms with Crippen LogP contribution < -0.4 is 11.3 Å². The van der Waals surface area contributed by atoms with Gasteiger partial charge in [-0.05, 0) is 52.6 Å². The number of hydrogen-bond donors (Lipinski definition) is 2. The molecule has 18 heavy (non-hydrogen) atoms. The van der Waals surface area contributed by atoms with Crippen LogP contribution in [0.25, 0.3) is 0 Å². The van der Waals surface area contributed by atoms with Crippen molar-refractivity contribution in [3.63, 3.8) is 0 Å². The van der Waals surface area contributed by atoms with E-state index in [1.165, 1.54) is 17.5 Å². The van der Waals surface area contributed by atoms with Crippen LogP contribution in [0.4, 0.5) is 0 Å². The molecular weight excluding hydrogens is 240 g/mol. The Kier molecular flexibility index (Phi) is 3.46. The van der Waals surface area contributed by atoms with Gasteiger partial charge in [0.2, 0.25) is 0 Å². The quantitative estimate of drug-likeness (QED) is 0.639. The molecule has 1 aromatic heterocycles. The lowest BCUT2D eigenvalue weighted by Crippen LogP contribution is -2.38. The summed E-state index contributed by atoms with van der Waals surface area (Å²) in [7, 11) is 0. The lowest BCUT2D eigenvalue weighted by atomic mass is 10.0. The van der Waals surface area contributed by atoms with Crippen LogP contribution in [0.1, 0.15) is 23.5 Å². The zero-order valence-corrected chi connectivity index (χ0v) is 11.1. The number of rotatable bonds is 5. The number of nitrogens with one attached hydrogen (secondary N) is 1. The van der Waals surface area contributed by atoms with Gasteiger partial charge in [-0.2, -0.15) is 11.3 Å². The van der Waals surface area contributed by atoms with Crippen LogP contribution in [-0.2, 0) is 6.42 Å². The average Bonchev–Trinajstić information content (AvgIpc) is 3.05. The van der Waals surface area contributed by atoms with E-state index in [0.717, 1.165) is 6.42 Å². The van der Waals surface area contributed by atoms with Crippen LogP contribution in [-0.4, -0.2) is 6.04 Å². The van der Waals surface area contributed by atoms with E-state index in [0.29, 0.717) is 17.9 Å². The largest absolute Gasteiger partial charge is 0.271 e. The summed E-state index contributed by atoms with van der Waals surface area (Å²) in [5.74, 6) is 7.09. The van der Waals surface area contributed by atoms with E-state index in [9.17, 15) is 0 Å². The van der Waals surface area contributed by atoms with E-state index in [4.69, 9.17) is 5.84 Å². The monoisotopic (exact) mass is 258 g/mol. The summed E-state index contributed by atoms with van der Waals surface area (Å²) in [6, 6.07) is 13.3. The first-order chi connectivity index (χ1) is 8.88.